The standard InChI is InChI=1S/C16H23NO2/c1-3-14(12-17-10-7-11-17)16(18)19-13(2)15-8-5-4-6-9-15/h4-6,8-9,13-14H,3,7,10-12H2,1-2H3/t13-,14?/m0/s1. The molecule has 3 nitrogen and oxygen atoms in total. The molecule has 2 atom stereocenters. The minimum absolute atomic E-state index is 0.00598. The Kier molecular flexibility index (Phi) is 4.97. The highest BCUT2D eigenvalue weighted by Crippen LogP contribution is 2.20. The summed E-state index contributed by atoms with van der Waals surface area (Å²) in [4.78, 5) is 14.5. The quantitative estimate of drug-likeness (QED) is 0.737. The zero-order valence-corrected chi connectivity index (χ0v) is 11.8. The molecule has 0 bridgehead atoms. The molecule has 19 heavy (non-hydrogen) atoms. The van der Waals surface area contributed by atoms with E-state index in [1.807, 2.05) is 37.3 Å². The fraction of sp³-hybridized carbons (Fsp3) is 0.562. The molecule has 104 valence electrons. The second-order valence-corrected chi connectivity index (χ2v) is 5.25. The summed E-state index contributed by atoms with van der Waals surface area (Å²) >= 11 is 0. The molecule has 0 N–H and O–H groups in total. The molecule has 0 aromatic heterocycles. The number of rotatable bonds is 6. The molecule has 0 saturated carbocycles. The van der Waals surface area contributed by atoms with Crippen LogP contribution in [-0.2, 0) is 9.53 Å². The first kappa shape index (κ1) is 14.1. The number of carbonyl (C=O) groups excluding carboxylic acids is 1. The van der Waals surface area contributed by atoms with E-state index in [1.54, 1.807) is 0 Å². The molecule has 1 saturated heterocycles. The fourth-order valence-corrected chi connectivity index (χ4v) is 2.31. The summed E-state index contributed by atoms with van der Waals surface area (Å²) < 4.78 is 5.59. The van der Waals surface area contributed by atoms with E-state index in [1.165, 1.54) is 6.42 Å². The lowest BCUT2D eigenvalue weighted by Gasteiger charge is -2.33. The molecule has 1 aliphatic rings. The van der Waals surface area contributed by atoms with Crippen LogP contribution in [-0.4, -0.2) is 30.5 Å². The van der Waals surface area contributed by atoms with Gasteiger partial charge in [0.25, 0.3) is 0 Å². The molecule has 0 aliphatic carbocycles. The van der Waals surface area contributed by atoms with Crippen molar-refractivity contribution in [2.75, 3.05) is 19.6 Å². The van der Waals surface area contributed by atoms with Crippen molar-refractivity contribution in [3.8, 4) is 0 Å². The van der Waals surface area contributed by atoms with Crippen LogP contribution in [0.3, 0.4) is 0 Å². The molecule has 0 amide bonds. The topological polar surface area (TPSA) is 29.5 Å². The zero-order valence-electron chi connectivity index (χ0n) is 11.8. The molecule has 0 spiro atoms. The van der Waals surface area contributed by atoms with Crippen LogP contribution in [0.2, 0.25) is 0 Å². The summed E-state index contributed by atoms with van der Waals surface area (Å²) in [5, 5.41) is 0. The first-order chi connectivity index (χ1) is 9.20. The van der Waals surface area contributed by atoms with Crippen LogP contribution in [0.25, 0.3) is 0 Å². The summed E-state index contributed by atoms with van der Waals surface area (Å²) in [6, 6.07) is 9.90. The fourth-order valence-electron chi connectivity index (χ4n) is 2.31. The Morgan fingerprint density at radius 3 is 2.53 bits per heavy atom. The molecule has 3 heteroatoms. The van der Waals surface area contributed by atoms with Gasteiger partial charge in [0.2, 0.25) is 0 Å². The highest BCUT2D eigenvalue weighted by atomic mass is 16.5. The van der Waals surface area contributed by atoms with Crippen molar-refractivity contribution in [1.29, 1.82) is 0 Å². The number of likely N-dealkylation sites (tertiary alicyclic amines) is 1. The van der Waals surface area contributed by atoms with Crippen molar-refractivity contribution in [3.05, 3.63) is 35.9 Å². The number of esters is 1. The van der Waals surface area contributed by atoms with E-state index in [2.05, 4.69) is 11.8 Å². The molecule has 2 rings (SSSR count). The van der Waals surface area contributed by atoms with Gasteiger partial charge in [0.1, 0.15) is 6.10 Å². The average molecular weight is 261 g/mol. The molecular formula is C16H23NO2. The molecule has 1 unspecified atom stereocenters. The van der Waals surface area contributed by atoms with E-state index in [9.17, 15) is 4.79 Å². The summed E-state index contributed by atoms with van der Waals surface area (Å²) in [5.74, 6) is -0.0581. The molecule has 1 fully saturated rings. The highest BCUT2D eigenvalue weighted by molar-refractivity contribution is 5.73. The number of hydrogen-bond acceptors (Lipinski definition) is 3. The SMILES string of the molecule is CCC(CN1CCC1)C(=O)O[C@@H](C)c1ccccc1. The molecule has 1 aliphatic heterocycles. The summed E-state index contributed by atoms with van der Waals surface area (Å²) in [5.41, 5.74) is 1.05. The first-order valence-electron chi connectivity index (χ1n) is 7.18. The predicted molar refractivity (Wildman–Crippen MR) is 75.8 cm³/mol. The third-order valence-corrected chi connectivity index (χ3v) is 3.82. The Morgan fingerprint density at radius 1 is 1.32 bits per heavy atom. The van der Waals surface area contributed by atoms with Gasteiger partial charge in [-0.2, -0.15) is 0 Å². The van der Waals surface area contributed by atoms with Gasteiger partial charge in [-0.25, -0.2) is 0 Å². The number of benzene rings is 1. The van der Waals surface area contributed by atoms with E-state index >= 15 is 0 Å². The Bertz CT molecular complexity index is 400. The molecule has 1 aromatic carbocycles. The van der Waals surface area contributed by atoms with Crippen LogP contribution < -0.4 is 0 Å². The van der Waals surface area contributed by atoms with Gasteiger partial charge in [0.15, 0.2) is 0 Å². The third-order valence-electron chi connectivity index (χ3n) is 3.82. The van der Waals surface area contributed by atoms with Crippen LogP contribution in [0.5, 0.6) is 0 Å². The summed E-state index contributed by atoms with van der Waals surface area (Å²) in [7, 11) is 0. The Morgan fingerprint density at radius 2 is 2.00 bits per heavy atom. The maximum Gasteiger partial charge on any atom is 0.310 e. The first-order valence-corrected chi connectivity index (χ1v) is 7.18. The largest absolute Gasteiger partial charge is 0.458 e. The molecular weight excluding hydrogens is 238 g/mol. The predicted octanol–water partition coefficient (Wildman–Crippen LogP) is 3.02. The van der Waals surface area contributed by atoms with Gasteiger partial charge in [0.05, 0.1) is 5.92 Å². The van der Waals surface area contributed by atoms with Gasteiger partial charge >= 0.3 is 5.97 Å². The Hall–Kier alpha value is -1.35. The zero-order chi connectivity index (χ0) is 13.7. The van der Waals surface area contributed by atoms with Crippen LogP contribution in [0.15, 0.2) is 30.3 Å². The van der Waals surface area contributed by atoms with Crippen molar-refractivity contribution < 1.29 is 9.53 Å². The van der Waals surface area contributed by atoms with Crippen LogP contribution in [0, 0.1) is 5.92 Å². The van der Waals surface area contributed by atoms with Crippen molar-refractivity contribution in [2.45, 2.75) is 32.8 Å². The van der Waals surface area contributed by atoms with Crippen molar-refractivity contribution >= 4 is 5.97 Å². The van der Waals surface area contributed by atoms with Gasteiger partial charge in [-0.1, -0.05) is 37.3 Å². The van der Waals surface area contributed by atoms with Gasteiger partial charge in [-0.3, -0.25) is 4.79 Å². The van der Waals surface area contributed by atoms with Gasteiger partial charge < -0.3 is 9.64 Å². The van der Waals surface area contributed by atoms with Crippen molar-refractivity contribution in [3.63, 3.8) is 0 Å². The lowest BCUT2D eigenvalue weighted by molar-refractivity contribution is -0.154. The molecule has 1 heterocycles. The van der Waals surface area contributed by atoms with Crippen molar-refractivity contribution in [2.24, 2.45) is 5.92 Å². The summed E-state index contributed by atoms with van der Waals surface area (Å²) in [6.45, 7) is 7.08. The number of carbonyl (C=O) groups is 1. The smallest absolute Gasteiger partial charge is 0.310 e. The normalized spacial score (nSPS) is 18.4. The van der Waals surface area contributed by atoms with Crippen molar-refractivity contribution in [1.82, 2.24) is 4.90 Å². The van der Waals surface area contributed by atoms with Gasteiger partial charge in [0, 0.05) is 6.54 Å². The number of hydrogen-bond donors (Lipinski definition) is 0. The van der Waals surface area contributed by atoms with E-state index in [-0.39, 0.29) is 18.0 Å². The monoisotopic (exact) mass is 261 g/mol. The third kappa shape index (κ3) is 3.80. The lowest BCUT2D eigenvalue weighted by atomic mass is 10.0. The summed E-state index contributed by atoms with van der Waals surface area (Å²) in [6.07, 6.45) is 1.93. The maximum atomic E-state index is 12.2. The maximum absolute atomic E-state index is 12.2. The minimum atomic E-state index is -0.167. The highest BCUT2D eigenvalue weighted by Gasteiger charge is 2.25. The lowest BCUT2D eigenvalue weighted by Crippen LogP contribution is -2.42. The van der Waals surface area contributed by atoms with Crippen LogP contribution in [0.1, 0.15) is 38.4 Å². The number of nitrogens with zero attached hydrogens (tertiary/aromatic N) is 1. The van der Waals surface area contributed by atoms with Gasteiger partial charge in [-0.15, -0.1) is 0 Å². The molecule has 1 aromatic rings. The molecule has 0 radical (unpaired) electrons. The second-order valence-electron chi connectivity index (χ2n) is 5.25. The second kappa shape index (κ2) is 6.71. The van der Waals surface area contributed by atoms with E-state index in [0.717, 1.165) is 31.6 Å². The Labute approximate surface area is 115 Å². The Balaban J connectivity index is 1.87. The van der Waals surface area contributed by atoms with E-state index in [0.29, 0.717) is 0 Å². The van der Waals surface area contributed by atoms with Crippen LogP contribution >= 0.6 is 0 Å². The van der Waals surface area contributed by atoms with E-state index in [4.69, 9.17) is 4.74 Å². The van der Waals surface area contributed by atoms with Gasteiger partial charge in [-0.05, 0) is 38.4 Å². The van der Waals surface area contributed by atoms with E-state index < -0.39 is 0 Å². The number of ether oxygens (including phenoxy) is 1. The van der Waals surface area contributed by atoms with Crippen LogP contribution in [0.4, 0.5) is 0 Å². The minimum Gasteiger partial charge on any atom is -0.458 e. The average Bonchev–Trinajstić information content (AvgIpc) is 2.38.